The third-order valence-corrected chi connectivity index (χ3v) is 8.13. The van der Waals surface area contributed by atoms with Gasteiger partial charge in [-0.3, -0.25) is 9.69 Å². The number of hydrogen-bond acceptors (Lipinski definition) is 4. The predicted molar refractivity (Wildman–Crippen MR) is 120 cm³/mol. The summed E-state index contributed by atoms with van der Waals surface area (Å²) in [6, 6.07) is 8.78. The fourth-order valence-corrected chi connectivity index (χ4v) is 7.09. The van der Waals surface area contributed by atoms with Gasteiger partial charge in [0.05, 0.1) is 11.0 Å². The number of aromatic carboxylic acids is 1. The van der Waals surface area contributed by atoms with Crippen LogP contribution >= 0.6 is 0 Å². The van der Waals surface area contributed by atoms with Gasteiger partial charge in [-0.1, -0.05) is 31.4 Å². The number of rotatable bonds is 3. The third-order valence-electron chi connectivity index (χ3n) is 8.13. The lowest BCUT2D eigenvalue weighted by Gasteiger charge is -2.51. The van der Waals surface area contributed by atoms with Gasteiger partial charge in [-0.25, -0.2) is 9.78 Å². The summed E-state index contributed by atoms with van der Waals surface area (Å²) in [5.41, 5.74) is 0.461. The Kier molecular flexibility index (Phi) is 5.37. The van der Waals surface area contributed by atoms with Gasteiger partial charge in [-0.15, -0.1) is 0 Å². The van der Waals surface area contributed by atoms with Crippen molar-refractivity contribution in [2.45, 2.75) is 89.4 Å². The zero-order valence-electron chi connectivity index (χ0n) is 18.5. The summed E-state index contributed by atoms with van der Waals surface area (Å²) in [4.78, 5) is 31.7. The van der Waals surface area contributed by atoms with Gasteiger partial charge in [0.2, 0.25) is 5.69 Å². The lowest BCUT2D eigenvalue weighted by Crippen LogP contribution is -2.55. The molecule has 0 radical (unpaired) electrons. The van der Waals surface area contributed by atoms with Crippen molar-refractivity contribution in [1.82, 2.24) is 14.5 Å². The molecule has 2 saturated carbocycles. The maximum absolute atomic E-state index is 13.2. The first kappa shape index (κ1) is 20.7. The number of piperidine rings is 1. The molecule has 166 valence electrons. The van der Waals surface area contributed by atoms with E-state index in [0.717, 1.165) is 30.2 Å². The van der Waals surface area contributed by atoms with E-state index in [9.17, 15) is 14.7 Å². The van der Waals surface area contributed by atoms with Gasteiger partial charge in [0.1, 0.15) is 0 Å². The average Bonchev–Trinajstić information content (AvgIpc) is 2.72. The number of hydrogen-bond donors (Lipinski definition) is 1. The summed E-state index contributed by atoms with van der Waals surface area (Å²) in [6.07, 6.45) is 9.97. The van der Waals surface area contributed by atoms with Crippen LogP contribution in [0.2, 0.25) is 0 Å². The van der Waals surface area contributed by atoms with Crippen molar-refractivity contribution in [3.8, 4) is 0 Å². The number of carbonyl (C=O) groups is 1. The maximum atomic E-state index is 13.2. The molecule has 2 aromatic rings. The van der Waals surface area contributed by atoms with Gasteiger partial charge in [-0.05, 0) is 69.9 Å². The molecule has 3 aliphatic rings. The van der Waals surface area contributed by atoms with Gasteiger partial charge in [0.15, 0.2) is 0 Å². The molecule has 2 bridgehead atoms. The molecule has 2 unspecified atom stereocenters. The molecule has 6 heteroatoms. The summed E-state index contributed by atoms with van der Waals surface area (Å²) < 4.78 is 1.73. The Hall–Kier alpha value is -2.21. The summed E-state index contributed by atoms with van der Waals surface area (Å²) in [7, 11) is 0. The Morgan fingerprint density at radius 2 is 1.61 bits per heavy atom. The van der Waals surface area contributed by atoms with Crippen LogP contribution in [0.5, 0.6) is 0 Å². The Bertz CT molecular complexity index is 1020. The van der Waals surface area contributed by atoms with E-state index in [1.807, 2.05) is 18.2 Å². The number of likely N-dealkylation sites (tertiary alicyclic amines) is 1. The number of carboxylic acids is 1. The lowest BCUT2D eigenvalue weighted by atomic mass is 9.69. The maximum Gasteiger partial charge on any atom is 0.360 e. The molecule has 1 aromatic heterocycles. The standard InChI is InChI=1S/C25H33N3O3/c1-15-10-19(11-16(2)27(15)20-13-17-6-5-7-18(12-17)14-20)28-22-9-4-3-8-21(22)26-23(24(28)29)25(30)31/h3-4,8-9,15-20H,5-7,10-14H2,1-2H3,(H,30,31)/t15-,16+,17?,18?,19+,20?. The quantitative estimate of drug-likeness (QED) is 0.788. The van der Waals surface area contributed by atoms with Crippen LogP contribution in [0.4, 0.5) is 0 Å². The van der Waals surface area contributed by atoms with Crippen molar-refractivity contribution in [1.29, 1.82) is 0 Å². The second-order valence-corrected chi connectivity index (χ2v) is 10.2. The third kappa shape index (κ3) is 3.69. The normalized spacial score (nSPS) is 34.0. The highest BCUT2D eigenvalue weighted by atomic mass is 16.4. The molecule has 6 nitrogen and oxygen atoms in total. The molecule has 1 aliphatic heterocycles. The molecule has 1 saturated heterocycles. The number of fused-ring (bicyclic) bond motifs is 3. The SMILES string of the molecule is C[C@@H]1C[C@H](n2c(=O)c(C(=O)O)nc3ccccc32)C[C@H](C)N1C1CC2CCCC(C2)C1. The smallest absolute Gasteiger partial charge is 0.360 e. The molecule has 5 rings (SSSR count). The van der Waals surface area contributed by atoms with Crippen LogP contribution in [0.3, 0.4) is 0 Å². The molecule has 0 amide bonds. The fraction of sp³-hybridized carbons (Fsp3) is 0.640. The van der Waals surface area contributed by atoms with Crippen molar-refractivity contribution in [2.75, 3.05) is 0 Å². The van der Waals surface area contributed by atoms with Crippen molar-refractivity contribution >= 4 is 17.0 Å². The van der Waals surface area contributed by atoms with Crippen molar-refractivity contribution in [2.24, 2.45) is 11.8 Å². The van der Waals surface area contributed by atoms with Crippen LogP contribution in [0.15, 0.2) is 29.1 Å². The summed E-state index contributed by atoms with van der Waals surface area (Å²) in [5, 5.41) is 9.56. The van der Waals surface area contributed by atoms with E-state index in [0.29, 0.717) is 23.6 Å². The topological polar surface area (TPSA) is 75.4 Å². The van der Waals surface area contributed by atoms with E-state index in [-0.39, 0.29) is 11.7 Å². The van der Waals surface area contributed by atoms with E-state index < -0.39 is 11.5 Å². The molecule has 0 spiro atoms. The van der Waals surface area contributed by atoms with Gasteiger partial charge >= 0.3 is 5.97 Å². The Labute approximate surface area is 183 Å². The number of para-hydroxylation sites is 2. The summed E-state index contributed by atoms with van der Waals surface area (Å²) in [6.45, 7) is 4.58. The molecule has 5 atom stereocenters. The second kappa shape index (κ2) is 8.05. The van der Waals surface area contributed by atoms with E-state index in [1.165, 1.54) is 38.5 Å². The second-order valence-electron chi connectivity index (χ2n) is 10.2. The van der Waals surface area contributed by atoms with Gasteiger partial charge in [0, 0.05) is 24.2 Å². The van der Waals surface area contributed by atoms with Crippen molar-refractivity contribution in [3.63, 3.8) is 0 Å². The Morgan fingerprint density at radius 1 is 0.968 bits per heavy atom. The molecule has 3 fully saturated rings. The van der Waals surface area contributed by atoms with E-state index in [4.69, 9.17) is 0 Å². The first-order valence-electron chi connectivity index (χ1n) is 11.9. The number of carboxylic acid groups (broad SMARTS) is 1. The minimum Gasteiger partial charge on any atom is -0.476 e. The molecule has 2 heterocycles. The summed E-state index contributed by atoms with van der Waals surface area (Å²) in [5.74, 6) is 0.524. The first-order valence-corrected chi connectivity index (χ1v) is 11.9. The number of benzene rings is 1. The Morgan fingerprint density at radius 3 is 2.26 bits per heavy atom. The zero-order chi connectivity index (χ0) is 21.7. The highest BCUT2D eigenvalue weighted by Gasteiger charge is 2.41. The molecule has 1 aromatic carbocycles. The minimum atomic E-state index is -1.25. The van der Waals surface area contributed by atoms with Crippen LogP contribution < -0.4 is 5.56 Å². The van der Waals surface area contributed by atoms with Gasteiger partial charge < -0.3 is 9.67 Å². The number of aromatic nitrogens is 2. The number of nitrogens with zero attached hydrogens (tertiary/aromatic N) is 3. The molecular weight excluding hydrogens is 390 g/mol. The van der Waals surface area contributed by atoms with Gasteiger partial charge in [0.25, 0.3) is 5.56 Å². The predicted octanol–water partition coefficient (Wildman–Crippen LogP) is 4.48. The summed E-state index contributed by atoms with van der Waals surface area (Å²) >= 11 is 0. The molecule has 31 heavy (non-hydrogen) atoms. The first-order chi connectivity index (χ1) is 14.9. The fourth-order valence-electron chi connectivity index (χ4n) is 7.09. The van der Waals surface area contributed by atoms with Gasteiger partial charge in [-0.2, -0.15) is 0 Å². The van der Waals surface area contributed by atoms with E-state index in [2.05, 4.69) is 23.7 Å². The molecular formula is C25H33N3O3. The Balaban J connectivity index is 1.46. The monoisotopic (exact) mass is 423 g/mol. The van der Waals surface area contributed by atoms with Crippen LogP contribution in [-0.4, -0.2) is 43.7 Å². The average molecular weight is 424 g/mol. The van der Waals surface area contributed by atoms with E-state index in [1.54, 1.807) is 10.6 Å². The zero-order valence-corrected chi connectivity index (χ0v) is 18.5. The van der Waals surface area contributed by atoms with Crippen LogP contribution in [0.25, 0.3) is 11.0 Å². The van der Waals surface area contributed by atoms with Crippen molar-refractivity contribution < 1.29 is 9.90 Å². The van der Waals surface area contributed by atoms with Crippen LogP contribution in [0, 0.1) is 11.8 Å². The minimum absolute atomic E-state index is 0.0113. The molecule has 1 N–H and O–H groups in total. The highest BCUT2D eigenvalue weighted by Crippen LogP contribution is 2.44. The van der Waals surface area contributed by atoms with E-state index >= 15 is 0 Å². The van der Waals surface area contributed by atoms with Crippen molar-refractivity contribution in [3.05, 3.63) is 40.3 Å². The highest BCUT2D eigenvalue weighted by molar-refractivity contribution is 5.88. The lowest BCUT2D eigenvalue weighted by molar-refractivity contribution is -0.0124. The largest absolute Gasteiger partial charge is 0.476 e. The van der Waals surface area contributed by atoms with Crippen LogP contribution in [0.1, 0.15) is 81.7 Å². The van der Waals surface area contributed by atoms with Crippen LogP contribution in [-0.2, 0) is 0 Å². The molecule has 2 aliphatic carbocycles.